The molecule has 2 aromatic rings. The van der Waals surface area contributed by atoms with Crippen LogP contribution in [0.3, 0.4) is 0 Å². The third-order valence-corrected chi connectivity index (χ3v) is 5.27. The molecule has 2 aliphatic rings. The Balaban J connectivity index is 1.66. The van der Waals surface area contributed by atoms with Crippen LogP contribution in [-0.4, -0.2) is 41.5 Å². The van der Waals surface area contributed by atoms with Gasteiger partial charge in [0.05, 0.1) is 18.3 Å². The number of benzene rings is 1. The highest BCUT2D eigenvalue weighted by Crippen LogP contribution is 2.43. The maximum Gasteiger partial charge on any atom is 0.239 e. The van der Waals surface area contributed by atoms with E-state index in [0.717, 1.165) is 25.9 Å². The van der Waals surface area contributed by atoms with Gasteiger partial charge in [0.15, 0.2) is 0 Å². The number of nitrogens with zero attached hydrogens (tertiary/aromatic N) is 1. The van der Waals surface area contributed by atoms with Crippen LogP contribution < -0.4 is 5.73 Å². The van der Waals surface area contributed by atoms with E-state index in [9.17, 15) is 4.79 Å². The lowest BCUT2D eigenvalue weighted by atomic mass is 9.83. The van der Waals surface area contributed by atoms with E-state index in [1.807, 2.05) is 4.90 Å². The first-order chi connectivity index (χ1) is 11.1. The van der Waals surface area contributed by atoms with E-state index in [1.165, 1.54) is 22.2 Å². The largest absolute Gasteiger partial charge is 0.368 e. The van der Waals surface area contributed by atoms with Gasteiger partial charge in [-0.1, -0.05) is 18.2 Å². The van der Waals surface area contributed by atoms with Crippen molar-refractivity contribution < 1.29 is 9.53 Å². The summed E-state index contributed by atoms with van der Waals surface area (Å²) in [6, 6.07) is 8.01. The molecule has 4 rings (SSSR count). The first kappa shape index (κ1) is 14.7. The molecule has 0 aliphatic carbocycles. The number of carbonyl (C=O) groups is 1. The fourth-order valence-corrected chi connectivity index (χ4v) is 4.04. The lowest BCUT2D eigenvalue weighted by Gasteiger charge is -2.44. The number of para-hydroxylation sites is 1. The first-order valence-corrected chi connectivity index (χ1v) is 8.39. The molecule has 122 valence electrons. The second-order valence-corrected chi connectivity index (χ2v) is 6.73. The van der Waals surface area contributed by atoms with Gasteiger partial charge in [0.2, 0.25) is 5.91 Å². The predicted octanol–water partition coefficient (Wildman–Crippen LogP) is 1.91. The minimum atomic E-state index is -0.431. The van der Waals surface area contributed by atoms with Gasteiger partial charge in [-0.25, -0.2) is 0 Å². The molecular formula is C18H23N3O2. The molecule has 0 unspecified atom stereocenters. The fourth-order valence-electron chi connectivity index (χ4n) is 4.04. The van der Waals surface area contributed by atoms with Crippen molar-refractivity contribution >= 4 is 16.8 Å². The van der Waals surface area contributed by atoms with E-state index in [2.05, 4.69) is 29.2 Å². The topological polar surface area (TPSA) is 71.3 Å². The highest BCUT2D eigenvalue weighted by Gasteiger charge is 2.43. The summed E-state index contributed by atoms with van der Waals surface area (Å²) in [6.07, 6.45) is 2.60. The van der Waals surface area contributed by atoms with Crippen LogP contribution in [0, 0.1) is 0 Å². The average molecular weight is 313 g/mol. The number of nitrogens with one attached hydrogen (secondary N) is 1. The van der Waals surface area contributed by atoms with Crippen molar-refractivity contribution in [3.05, 3.63) is 35.5 Å². The number of nitrogens with two attached hydrogens (primary N) is 1. The molecule has 5 nitrogen and oxygen atoms in total. The van der Waals surface area contributed by atoms with Crippen molar-refractivity contribution in [1.29, 1.82) is 0 Å². The van der Waals surface area contributed by atoms with Crippen molar-refractivity contribution in [2.45, 2.75) is 37.8 Å². The molecule has 1 amide bonds. The number of H-pyrrole nitrogens is 1. The van der Waals surface area contributed by atoms with Crippen LogP contribution in [0.25, 0.3) is 10.9 Å². The molecule has 0 radical (unpaired) electrons. The van der Waals surface area contributed by atoms with E-state index in [1.54, 1.807) is 6.92 Å². The minimum Gasteiger partial charge on any atom is -0.368 e. The molecule has 5 heteroatoms. The number of hydrogen-bond donors (Lipinski definition) is 2. The zero-order valence-corrected chi connectivity index (χ0v) is 13.5. The summed E-state index contributed by atoms with van der Waals surface area (Å²) < 4.78 is 6.25. The molecule has 2 aliphatic heterocycles. The SMILES string of the molecule is C[C@@H](N)C(=O)N1CCC2(CC1)OCCc1c2[nH]c2ccccc12. The number of ether oxygens (including phenoxy) is 1. The summed E-state index contributed by atoms with van der Waals surface area (Å²) in [5.74, 6) is 0.0347. The van der Waals surface area contributed by atoms with Gasteiger partial charge in [-0.05, 0) is 37.8 Å². The smallest absolute Gasteiger partial charge is 0.239 e. The number of fused-ring (bicyclic) bond motifs is 4. The lowest BCUT2D eigenvalue weighted by molar-refractivity contribution is -0.142. The Labute approximate surface area is 135 Å². The quantitative estimate of drug-likeness (QED) is 0.845. The molecule has 3 N–H and O–H groups in total. The van der Waals surface area contributed by atoms with Crippen molar-refractivity contribution in [2.75, 3.05) is 19.7 Å². The minimum absolute atomic E-state index is 0.0347. The molecular weight excluding hydrogens is 290 g/mol. The molecule has 3 heterocycles. The number of amides is 1. The molecule has 23 heavy (non-hydrogen) atoms. The number of carbonyl (C=O) groups excluding carboxylic acids is 1. The van der Waals surface area contributed by atoms with Crippen LogP contribution in [0.2, 0.25) is 0 Å². The Kier molecular flexibility index (Phi) is 3.43. The Bertz CT molecular complexity index is 742. The molecule has 1 saturated heterocycles. The zero-order chi connectivity index (χ0) is 16.0. The number of aromatic nitrogens is 1. The average Bonchev–Trinajstić information content (AvgIpc) is 2.96. The number of rotatable bonds is 1. The monoisotopic (exact) mass is 313 g/mol. The molecule has 1 fully saturated rings. The fraction of sp³-hybridized carbons (Fsp3) is 0.500. The first-order valence-electron chi connectivity index (χ1n) is 8.39. The number of hydrogen-bond acceptors (Lipinski definition) is 3. The number of piperidine rings is 1. The molecule has 0 bridgehead atoms. The second-order valence-electron chi connectivity index (χ2n) is 6.73. The summed E-state index contributed by atoms with van der Waals surface area (Å²) in [6.45, 7) is 3.90. The van der Waals surface area contributed by atoms with E-state index < -0.39 is 6.04 Å². The van der Waals surface area contributed by atoms with Gasteiger partial charge >= 0.3 is 0 Å². The van der Waals surface area contributed by atoms with E-state index in [0.29, 0.717) is 13.1 Å². The molecule has 1 atom stereocenters. The Morgan fingerprint density at radius 1 is 1.35 bits per heavy atom. The number of aromatic amines is 1. The lowest BCUT2D eigenvalue weighted by Crippen LogP contribution is -2.51. The van der Waals surface area contributed by atoms with Crippen molar-refractivity contribution in [1.82, 2.24) is 9.88 Å². The third kappa shape index (κ3) is 2.26. The summed E-state index contributed by atoms with van der Waals surface area (Å²) in [4.78, 5) is 17.6. The molecule has 1 aromatic heterocycles. The maximum atomic E-state index is 12.1. The predicted molar refractivity (Wildman–Crippen MR) is 89.1 cm³/mol. The van der Waals surface area contributed by atoms with Gasteiger partial charge in [-0.3, -0.25) is 4.79 Å². The van der Waals surface area contributed by atoms with E-state index in [4.69, 9.17) is 10.5 Å². The summed E-state index contributed by atoms with van der Waals surface area (Å²) in [5, 5.41) is 1.30. The van der Waals surface area contributed by atoms with Gasteiger partial charge in [0, 0.05) is 24.0 Å². The summed E-state index contributed by atoms with van der Waals surface area (Å²) >= 11 is 0. The molecule has 0 saturated carbocycles. The standard InChI is InChI=1S/C18H23N3O2/c1-12(19)17(22)21-9-7-18(8-10-21)16-14(6-11-23-18)13-4-2-3-5-15(13)20-16/h2-5,12,20H,6-11,19H2,1H3/t12-/m1/s1. The van der Waals surface area contributed by atoms with Crippen LogP contribution >= 0.6 is 0 Å². The van der Waals surface area contributed by atoms with Crippen LogP contribution in [0.4, 0.5) is 0 Å². The zero-order valence-electron chi connectivity index (χ0n) is 13.5. The van der Waals surface area contributed by atoms with Crippen LogP contribution in [0.15, 0.2) is 24.3 Å². The number of likely N-dealkylation sites (tertiary alicyclic amines) is 1. The van der Waals surface area contributed by atoms with Crippen molar-refractivity contribution in [3.8, 4) is 0 Å². The van der Waals surface area contributed by atoms with Gasteiger partial charge < -0.3 is 20.4 Å². The normalized spacial score (nSPS) is 21.4. The summed E-state index contributed by atoms with van der Waals surface area (Å²) in [5.41, 5.74) is 9.24. The van der Waals surface area contributed by atoms with Gasteiger partial charge in [0.25, 0.3) is 0 Å². The van der Waals surface area contributed by atoms with Gasteiger partial charge in [-0.15, -0.1) is 0 Å². The van der Waals surface area contributed by atoms with Crippen molar-refractivity contribution in [3.63, 3.8) is 0 Å². The summed E-state index contributed by atoms with van der Waals surface area (Å²) in [7, 11) is 0. The van der Waals surface area contributed by atoms with Crippen LogP contribution in [-0.2, 0) is 21.6 Å². The third-order valence-electron chi connectivity index (χ3n) is 5.27. The maximum absolute atomic E-state index is 12.1. The molecule has 1 spiro atoms. The van der Waals surface area contributed by atoms with E-state index in [-0.39, 0.29) is 11.5 Å². The second kappa shape index (κ2) is 5.35. The Hall–Kier alpha value is -1.85. The molecule has 1 aromatic carbocycles. The van der Waals surface area contributed by atoms with Gasteiger partial charge in [0.1, 0.15) is 5.60 Å². The Morgan fingerprint density at radius 3 is 2.83 bits per heavy atom. The highest BCUT2D eigenvalue weighted by atomic mass is 16.5. The van der Waals surface area contributed by atoms with Crippen molar-refractivity contribution in [2.24, 2.45) is 5.73 Å². The van der Waals surface area contributed by atoms with Gasteiger partial charge in [-0.2, -0.15) is 0 Å². The highest BCUT2D eigenvalue weighted by molar-refractivity contribution is 5.85. The van der Waals surface area contributed by atoms with Crippen LogP contribution in [0.5, 0.6) is 0 Å². The van der Waals surface area contributed by atoms with E-state index >= 15 is 0 Å². The van der Waals surface area contributed by atoms with Crippen LogP contribution in [0.1, 0.15) is 31.0 Å². The Morgan fingerprint density at radius 2 is 2.09 bits per heavy atom.